The summed E-state index contributed by atoms with van der Waals surface area (Å²) in [5.41, 5.74) is 22.6. The lowest BCUT2D eigenvalue weighted by atomic mass is 9.64. The van der Waals surface area contributed by atoms with Crippen LogP contribution in [0.5, 0.6) is 0 Å². The van der Waals surface area contributed by atoms with Crippen LogP contribution in [0, 0.1) is 5.41 Å². The van der Waals surface area contributed by atoms with Crippen LogP contribution in [0.4, 0.5) is 17.1 Å². The highest BCUT2D eigenvalue weighted by molar-refractivity contribution is 6.16. The predicted octanol–water partition coefficient (Wildman–Crippen LogP) is 11.9. The summed E-state index contributed by atoms with van der Waals surface area (Å²) >= 11 is 0. The van der Waals surface area contributed by atoms with Crippen molar-refractivity contribution in [3.05, 3.63) is 216 Å². The average molecular weight is 691 g/mol. The molecule has 0 radical (unpaired) electrons. The molecule has 0 bridgehead atoms. The van der Waals surface area contributed by atoms with E-state index in [0.717, 1.165) is 56.1 Å². The van der Waals surface area contributed by atoms with Gasteiger partial charge in [-0.05, 0) is 99.1 Å². The van der Waals surface area contributed by atoms with Gasteiger partial charge >= 0.3 is 0 Å². The van der Waals surface area contributed by atoms with Crippen molar-refractivity contribution in [3.63, 3.8) is 0 Å². The molecule has 11 rings (SSSR count). The Labute approximate surface area is 313 Å². The quantitative estimate of drug-likeness (QED) is 0.143. The summed E-state index contributed by atoms with van der Waals surface area (Å²) in [6.45, 7) is 0. The Morgan fingerprint density at radius 2 is 1.07 bits per heavy atom. The number of rotatable bonds is 4. The van der Waals surface area contributed by atoms with Crippen LogP contribution in [0.2, 0.25) is 0 Å². The molecule has 54 heavy (non-hydrogen) atoms. The predicted molar refractivity (Wildman–Crippen MR) is 223 cm³/mol. The van der Waals surface area contributed by atoms with Crippen LogP contribution in [0.3, 0.4) is 0 Å². The minimum atomic E-state index is -0.636. The number of fused-ring (bicyclic) bond motifs is 12. The number of nitrogens with zero attached hydrogens (tertiary/aromatic N) is 2. The zero-order chi connectivity index (χ0) is 36.0. The Bertz CT molecular complexity index is 2930. The molecule has 0 saturated carbocycles. The van der Waals surface area contributed by atoms with Gasteiger partial charge in [0.05, 0.1) is 27.8 Å². The largest absolute Gasteiger partial charge is 0.384 e. The smallest absolute Gasteiger partial charge is 0.123 e. The van der Waals surface area contributed by atoms with E-state index in [1.165, 1.54) is 38.5 Å². The van der Waals surface area contributed by atoms with E-state index in [1.807, 2.05) is 6.07 Å². The van der Waals surface area contributed by atoms with Crippen LogP contribution in [0.15, 0.2) is 188 Å². The van der Waals surface area contributed by atoms with Gasteiger partial charge in [-0.25, -0.2) is 0 Å². The maximum atomic E-state index is 8.85. The minimum Gasteiger partial charge on any atom is -0.384 e. The molecule has 254 valence electrons. The molecule has 9 aromatic rings. The zero-order valence-electron chi connectivity index (χ0n) is 29.4. The Balaban J connectivity index is 1.23. The molecule has 0 fully saturated rings. The van der Waals surface area contributed by atoms with Gasteiger partial charge in [0.25, 0.3) is 0 Å². The number of para-hydroxylation sites is 5. The number of aromatic nitrogens is 1. The molecular weight excluding hydrogens is 657 g/mol. The third kappa shape index (κ3) is 3.99. The average Bonchev–Trinajstić information content (AvgIpc) is 3.72. The van der Waals surface area contributed by atoms with Gasteiger partial charge in [-0.15, -0.1) is 0 Å². The molecule has 0 amide bonds. The first-order valence-corrected chi connectivity index (χ1v) is 18.4. The molecule has 1 aliphatic carbocycles. The van der Waals surface area contributed by atoms with E-state index < -0.39 is 5.41 Å². The third-order valence-corrected chi connectivity index (χ3v) is 11.6. The van der Waals surface area contributed by atoms with Crippen molar-refractivity contribution in [2.45, 2.75) is 5.41 Å². The van der Waals surface area contributed by atoms with Crippen molar-refractivity contribution in [1.29, 1.82) is 5.41 Å². The molecule has 2 heterocycles. The van der Waals surface area contributed by atoms with E-state index in [2.05, 4.69) is 191 Å². The molecular formula is C50H34N4. The monoisotopic (exact) mass is 690 g/mol. The number of anilines is 3. The van der Waals surface area contributed by atoms with Gasteiger partial charge in [0.2, 0.25) is 0 Å². The van der Waals surface area contributed by atoms with Crippen molar-refractivity contribution >= 4 is 44.7 Å². The van der Waals surface area contributed by atoms with Gasteiger partial charge in [-0.1, -0.05) is 133 Å². The second-order valence-electron chi connectivity index (χ2n) is 14.2. The number of hydrogen-bond acceptors (Lipinski definition) is 2. The Hall–Kier alpha value is -7.17. The minimum absolute atomic E-state index is 0.0663. The number of nitrogens with two attached hydrogens (primary N) is 1. The van der Waals surface area contributed by atoms with Crippen LogP contribution >= 0.6 is 0 Å². The molecule has 8 aromatic carbocycles. The lowest BCUT2D eigenvalue weighted by molar-refractivity contribution is 0.752. The van der Waals surface area contributed by atoms with E-state index in [1.54, 1.807) is 0 Å². The fraction of sp³-hybridized carbons (Fsp3) is 0.0200. The fourth-order valence-electron chi connectivity index (χ4n) is 9.57. The lowest BCUT2D eigenvalue weighted by Crippen LogP contribution is -2.36. The molecule has 2 aliphatic rings. The first-order chi connectivity index (χ1) is 26.7. The Morgan fingerprint density at radius 1 is 0.481 bits per heavy atom. The van der Waals surface area contributed by atoms with Crippen molar-refractivity contribution in [1.82, 2.24) is 4.57 Å². The first-order valence-electron chi connectivity index (χ1n) is 18.4. The number of amidine groups is 1. The highest BCUT2D eigenvalue weighted by atomic mass is 15.2. The normalized spacial score (nSPS) is 13.4. The second kappa shape index (κ2) is 11.4. The van der Waals surface area contributed by atoms with Gasteiger partial charge in [0, 0.05) is 27.7 Å². The molecule has 1 spiro atoms. The number of nitrogen functional groups attached to an aromatic ring is 1. The maximum Gasteiger partial charge on any atom is 0.123 e. The summed E-state index contributed by atoms with van der Waals surface area (Å²) in [6.07, 6.45) is 0. The Morgan fingerprint density at radius 3 is 1.80 bits per heavy atom. The molecule has 3 N–H and O–H groups in total. The second-order valence-corrected chi connectivity index (χ2v) is 14.2. The van der Waals surface area contributed by atoms with E-state index in [9.17, 15) is 0 Å². The van der Waals surface area contributed by atoms with E-state index in [-0.39, 0.29) is 5.84 Å². The summed E-state index contributed by atoms with van der Waals surface area (Å²) in [4.78, 5) is 2.39. The van der Waals surface area contributed by atoms with Crippen molar-refractivity contribution in [3.8, 4) is 27.9 Å². The molecule has 4 nitrogen and oxygen atoms in total. The summed E-state index contributed by atoms with van der Waals surface area (Å²) in [5, 5.41) is 11.3. The summed E-state index contributed by atoms with van der Waals surface area (Å²) in [7, 11) is 0. The molecule has 0 saturated heterocycles. The topological polar surface area (TPSA) is 58.0 Å². The maximum absolute atomic E-state index is 8.85. The van der Waals surface area contributed by atoms with E-state index in [4.69, 9.17) is 11.1 Å². The van der Waals surface area contributed by atoms with Crippen LogP contribution in [-0.4, -0.2) is 10.4 Å². The number of nitrogens with one attached hydrogen (secondary N) is 1. The fourth-order valence-corrected chi connectivity index (χ4v) is 9.57. The van der Waals surface area contributed by atoms with Gasteiger partial charge in [-0.2, -0.15) is 0 Å². The third-order valence-electron chi connectivity index (χ3n) is 11.6. The molecule has 4 heteroatoms. The van der Waals surface area contributed by atoms with E-state index in [0.29, 0.717) is 0 Å². The molecule has 1 aromatic heterocycles. The van der Waals surface area contributed by atoms with Gasteiger partial charge in [0.15, 0.2) is 0 Å². The van der Waals surface area contributed by atoms with E-state index >= 15 is 0 Å². The summed E-state index contributed by atoms with van der Waals surface area (Å²) in [6, 6.07) is 67.5. The van der Waals surface area contributed by atoms with Gasteiger partial charge in [0.1, 0.15) is 5.84 Å². The summed E-state index contributed by atoms with van der Waals surface area (Å²) < 4.78 is 2.37. The van der Waals surface area contributed by atoms with Crippen LogP contribution in [0.1, 0.15) is 27.8 Å². The first kappa shape index (κ1) is 30.5. The molecule has 0 atom stereocenters. The van der Waals surface area contributed by atoms with Crippen molar-refractivity contribution < 1.29 is 0 Å². The molecule has 0 unspecified atom stereocenters. The SMILES string of the molecule is N=C(N)c1cccc2c1-c1cc(-c3cccc4c3c3ccccc3n4-c3ccccc3)ccc1C21c2ccccc2N(c2ccccc2)c2ccccc21. The number of benzene rings is 8. The highest BCUT2D eigenvalue weighted by Crippen LogP contribution is 2.64. The van der Waals surface area contributed by atoms with Gasteiger partial charge in [-0.3, -0.25) is 5.41 Å². The molecule has 1 aliphatic heterocycles. The zero-order valence-corrected chi connectivity index (χ0v) is 29.4. The standard InChI is InChI=1S/C50H34N4/c51-49(52)37-21-13-24-42-47(37)38-31-32(35-20-14-28-46-48(35)36-19-7-10-25-43(36)53(46)33-15-3-1-4-16-33)29-30-39(38)50(42)40-22-8-11-26-44(40)54(34-17-5-2-6-18-34)45-27-12-9-23-41(45)50/h1-31H,(H3,51,52). The van der Waals surface area contributed by atoms with Gasteiger partial charge < -0.3 is 15.2 Å². The van der Waals surface area contributed by atoms with Crippen LogP contribution in [0.25, 0.3) is 49.7 Å². The van der Waals surface area contributed by atoms with Crippen LogP contribution < -0.4 is 10.6 Å². The Kier molecular flexibility index (Phi) is 6.44. The highest BCUT2D eigenvalue weighted by Gasteiger charge is 2.52. The lowest BCUT2D eigenvalue weighted by Gasteiger charge is -2.45. The van der Waals surface area contributed by atoms with Crippen molar-refractivity contribution in [2.24, 2.45) is 5.73 Å². The van der Waals surface area contributed by atoms with Crippen molar-refractivity contribution in [2.75, 3.05) is 4.90 Å². The number of hydrogen-bond donors (Lipinski definition) is 2. The van der Waals surface area contributed by atoms with Crippen LogP contribution in [-0.2, 0) is 5.41 Å². The summed E-state index contributed by atoms with van der Waals surface area (Å²) in [5.74, 6) is 0.0663.